The van der Waals surface area contributed by atoms with Crippen LogP contribution >= 0.6 is 0 Å². The molecule has 1 fully saturated rings. The van der Waals surface area contributed by atoms with Gasteiger partial charge in [0.1, 0.15) is 6.23 Å². The summed E-state index contributed by atoms with van der Waals surface area (Å²) in [5.41, 5.74) is 6.44. The molecule has 2 heterocycles. The minimum absolute atomic E-state index is 0.131. The maximum Gasteiger partial charge on any atom is 0.254 e. The minimum atomic E-state index is -1.17. The van der Waals surface area contributed by atoms with Gasteiger partial charge in [-0.3, -0.25) is 4.79 Å². The molecule has 0 bridgehead atoms. The van der Waals surface area contributed by atoms with Crippen LogP contribution in [0.4, 0.5) is 5.95 Å². The van der Waals surface area contributed by atoms with Gasteiger partial charge in [0.2, 0.25) is 11.8 Å². The van der Waals surface area contributed by atoms with Crippen LogP contribution in [0.15, 0.2) is 36.5 Å². The Morgan fingerprint density at radius 3 is 2.69 bits per heavy atom. The van der Waals surface area contributed by atoms with E-state index in [9.17, 15) is 9.90 Å². The summed E-state index contributed by atoms with van der Waals surface area (Å²) in [6.07, 6.45) is 0.496. The van der Waals surface area contributed by atoms with Gasteiger partial charge in [-0.2, -0.15) is 4.98 Å². The lowest BCUT2D eigenvalue weighted by Gasteiger charge is -2.35. The topological polar surface area (TPSA) is 105 Å². The van der Waals surface area contributed by atoms with Crippen molar-refractivity contribution in [3.8, 4) is 5.88 Å². The zero-order valence-corrected chi connectivity index (χ0v) is 14.7. The largest absolute Gasteiger partial charge is 0.478 e. The summed E-state index contributed by atoms with van der Waals surface area (Å²) in [7, 11) is 0. The smallest absolute Gasteiger partial charge is 0.254 e. The fourth-order valence-electron chi connectivity index (χ4n) is 2.94. The lowest BCUT2D eigenvalue weighted by atomic mass is 10.0. The number of amides is 1. The van der Waals surface area contributed by atoms with Crippen molar-refractivity contribution >= 4 is 11.9 Å². The summed E-state index contributed by atoms with van der Waals surface area (Å²) in [6.45, 7) is 4.77. The molecule has 3 rings (SSSR count). The second kappa shape index (κ2) is 8.11. The Hall–Kier alpha value is -2.71. The first-order valence-electron chi connectivity index (χ1n) is 8.62. The van der Waals surface area contributed by atoms with E-state index in [1.54, 1.807) is 41.4 Å². The lowest BCUT2D eigenvalue weighted by molar-refractivity contribution is 0.0739. The van der Waals surface area contributed by atoms with Crippen LogP contribution in [-0.2, 0) is 0 Å². The van der Waals surface area contributed by atoms with Gasteiger partial charge < -0.3 is 25.4 Å². The van der Waals surface area contributed by atoms with Crippen LogP contribution in [0.5, 0.6) is 5.88 Å². The summed E-state index contributed by atoms with van der Waals surface area (Å²) < 4.78 is 5.41. The van der Waals surface area contributed by atoms with E-state index >= 15 is 0 Å². The van der Waals surface area contributed by atoms with Gasteiger partial charge in [-0.1, -0.05) is 18.2 Å². The average molecular weight is 357 g/mol. The molecular formula is C18H23N5O3. The molecule has 1 unspecified atom stereocenters. The van der Waals surface area contributed by atoms with Crippen molar-refractivity contribution in [3.05, 3.63) is 47.7 Å². The van der Waals surface area contributed by atoms with Gasteiger partial charge >= 0.3 is 0 Å². The molecule has 1 aromatic heterocycles. The van der Waals surface area contributed by atoms with Gasteiger partial charge in [-0.15, -0.1) is 0 Å². The van der Waals surface area contributed by atoms with E-state index in [-0.39, 0.29) is 5.91 Å². The number of aliphatic hydroxyl groups is 1. The molecule has 0 saturated carbocycles. The first kappa shape index (κ1) is 18.1. The van der Waals surface area contributed by atoms with Gasteiger partial charge in [0.05, 0.1) is 6.61 Å². The zero-order valence-electron chi connectivity index (χ0n) is 14.7. The first-order chi connectivity index (χ1) is 12.6. The average Bonchev–Trinajstić information content (AvgIpc) is 2.68. The third-order valence-corrected chi connectivity index (χ3v) is 4.27. The quantitative estimate of drug-likeness (QED) is 0.762. The second-order valence-corrected chi connectivity index (χ2v) is 5.94. The molecule has 138 valence electrons. The highest BCUT2D eigenvalue weighted by Gasteiger charge is 2.25. The number of aromatic nitrogens is 2. The van der Waals surface area contributed by atoms with E-state index in [4.69, 9.17) is 10.5 Å². The molecule has 26 heavy (non-hydrogen) atoms. The number of hydrogen-bond donors (Lipinski definition) is 2. The molecule has 1 aromatic carbocycles. The van der Waals surface area contributed by atoms with E-state index in [1.807, 2.05) is 11.8 Å². The molecule has 0 spiro atoms. The monoisotopic (exact) mass is 357 g/mol. The molecule has 2 aromatic rings. The van der Waals surface area contributed by atoms with Crippen LogP contribution in [0.2, 0.25) is 0 Å². The van der Waals surface area contributed by atoms with Crippen molar-refractivity contribution in [2.45, 2.75) is 13.2 Å². The molecular weight excluding hydrogens is 334 g/mol. The van der Waals surface area contributed by atoms with Gasteiger partial charge in [-0.05, 0) is 13.0 Å². The Labute approximate surface area is 152 Å². The molecule has 8 heteroatoms. The Morgan fingerprint density at radius 2 is 2.00 bits per heavy atom. The molecule has 1 atom stereocenters. The number of piperazine rings is 1. The molecule has 1 amide bonds. The molecule has 3 N–H and O–H groups in total. The minimum Gasteiger partial charge on any atom is -0.478 e. The van der Waals surface area contributed by atoms with E-state index in [0.717, 1.165) is 0 Å². The van der Waals surface area contributed by atoms with Crippen molar-refractivity contribution in [1.82, 2.24) is 14.9 Å². The maximum absolute atomic E-state index is 12.8. The number of ether oxygens (including phenoxy) is 1. The third kappa shape index (κ3) is 3.92. The maximum atomic E-state index is 12.8. The molecule has 1 aliphatic rings. The number of nitrogens with two attached hydrogens (primary N) is 1. The second-order valence-electron chi connectivity index (χ2n) is 5.94. The molecule has 1 saturated heterocycles. The number of nitrogens with zero attached hydrogens (tertiary/aromatic N) is 4. The third-order valence-electron chi connectivity index (χ3n) is 4.27. The van der Waals surface area contributed by atoms with Crippen LogP contribution < -0.4 is 15.4 Å². The number of carbonyl (C=O) groups excluding carboxylic acids is 1. The van der Waals surface area contributed by atoms with Crippen LogP contribution in [0.3, 0.4) is 0 Å². The Bertz CT molecular complexity index is 760. The van der Waals surface area contributed by atoms with Crippen molar-refractivity contribution in [2.75, 3.05) is 37.7 Å². The van der Waals surface area contributed by atoms with Crippen LogP contribution in [-0.4, -0.2) is 58.7 Å². The van der Waals surface area contributed by atoms with Crippen molar-refractivity contribution in [1.29, 1.82) is 0 Å². The normalized spacial score (nSPS) is 15.7. The predicted molar refractivity (Wildman–Crippen MR) is 96.9 cm³/mol. The molecule has 8 nitrogen and oxygen atoms in total. The standard InChI is InChI=1S/C18H23N5O3/c1-2-26-15-7-8-20-18(21-15)23-11-9-22(10-12-23)17(25)14-6-4-3-5-13(14)16(19)24/h3-8,16,24H,2,9-12,19H2,1H3. The van der Waals surface area contributed by atoms with Crippen molar-refractivity contribution < 1.29 is 14.6 Å². The zero-order chi connectivity index (χ0) is 18.5. The highest BCUT2D eigenvalue weighted by molar-refractivity contribution is 5.96. The van der Waals surface area contributed by atoms with Crippen molar-refractivity contribution in [2.24, 2.45) is 5.73 Å². The highest BCUT2D eigenvalue weighted by atomic mass is 16.5. The Kier molecular flexibility index (Phi) is 5.65. The van der Waals surface area contributed by atoms with E-state index in [1.165, 1.54) is 0 Å². The molecule has 0 aliphatic carbocycles. The Balaban J connectivity index is 1.67. The number of aliphatic hydroxyl groups excluding tert-OH is 1. The summed E-state index contributed by atoms with van der Waals surface area (Å²) in [5, 5.41) is 9.68. The lowest BCUT2D eigenvalue weighted by Crippen LogP contribution is -2.49. The SMILES string of the molecule is CCOc1ccnc(N2CCN(C(=O)c3ccccc3C(N)O)CC2)n1. The van der Waals surface area contributed by atoms with E-state index < -0.39 is 6.23 Å². The van der Waals surface area contributed by atoms with Gasteiger partial charge in [0.15, 0.2) is 0 Å². The summed E-state index contributed by atoms with van der Waals surface area (Å²) in [6, 6.07) is 8.60. The van der Waals surface area contributed by atoms with E-state index in [2.05, 4.69) is 9.97 Å². The van der Waals surface area contributed by atoms with E-state index in [0.29, 0.717) is 55.7 Å². The number of benzene rings is 1. The predicted octanol–water partition coefficient (Wildman–Crippen LogP) is 0.787. The fourth-order valence-corrected chi connectivity index (χ4v) is 2.94. The summed E-state index contributed by atoms with van der Waals surface area (Å²) >= 11 is 0. The van der Waals surface area contributed by atoms with Gasteiger partial charge in [0.25, 0.3) is 5.91 Å². The first-order valence-corrected chi connectivity index (χ1v) is 8.62. The fraction of sp³-hybridized carbons (Fsp3) is 0.389. The molecule has 1 aliphatic heterocycles. The Morgan fingerprint density at radius 1 is 1.27 bits per heavy atom. The van der Waals surface area contributed by atoms with Crippen molar-refractivity contribution in [3.63, 3.8) is 0 Å². The number of carbonyl (C=O) groups is 1. The summed E-state index contributed by atoms with van der Waals surface area (Å²) in [5.74, 6) is 1.01. The van der Waals surface area contributed by atoms with Crippen LogP contribution in [0, 0.1) is 0 Å². The van der Waals surface area contributed by atoms with Gasteiger partial charge in [0, 0.05) is 49.6 Å². The highest BCUT2D eigenvalue weighted by Crippen LogP contribution is 2.19. The summed E-state index contributed by atoms with van der Waals surface area (Å²) in [4.78, 5) is 25.3. The molecule has 0 radical (unpaired) electrons. The number of anilines is 1. The number of hydrogen-bond acceptors (Lipinski definition) is 7. The van der Waals surface area contributed by atoms with Crippen LogP contribution in [0.25, 0.3) is 0 Å². The number of rotatable bonds is 5. The van der Waals surface area contributed by atoms with Crippen LogP contribution in [0.1, 0.15) is 29.1 Å². The van der Waals surface area contributed by atoms with Gasteiger partial charge in [-0.25, -0.2) is 4.98 Å².